The molecule has 132 valence electrons. The van der Waals surface area contributed by atoms with Gasteiger partial charge in [-0.1, -0.05) is 13.3 Å². The highest BCUT2D eigenvalue weighted by molar-refractivity contribution is 6.00. The smallest absolute Gasteiger partial charge is 0.329 e. The quantitative estimate of drug-likeness (QED) is 0.835. The summed E-state index contributed by atoms with van der Waals surface area (Å²) in [6.45, 7) is 2.11. The summed E-state index contributed by atoms with van der Waals surface area (Å²) in [5.41, 5.74) is -0.898. The number of benzene rings is 1. The zero-order chi connectivity index (χ0) is 17.7. The molecule has 1 fully saturated rings. The average molecular weight is 335 g/mol. The first-order valence-electron chi connectivity index (χ1n) is 8.23. The second kappa shape index (κ2) is 7.55. The lowest BCUT2D eigenvalue weighted by atomic mass is 9.75. The number of carbonyl (C=O) groups excluding carboxylic acids is 1. The van der Waals surface area contributed by atoms with Crippen LogP contribution in [0.15, 0.2) is 18.2 Å². The minimum absolute atomic E-state index is 0.302. The van der Waals surface area contributed by atoms with Crippen molar-refractivity contribution in [3.63, 3.8) is 0 Å². The van der Waals surface area contributed by atoms with E-state index in [9.17, 15) is 14.7 Å². The normalized spacial score (nSPS) is 23.4. The Morgan fingerprint density at radius 1 is 1.25 bits per heavy atom. The van der Waals surface area contributed by atoms with Crippen LogP contribution >= 0.6 is 0 Å². The summed E-state index contributed by atoms with van der Waals surface area (Å²) in [5.74, 6) is 0.0454. The van der Waals surface area contributed by atoms with Crippen molar-refractivity contribution in [2.24, 2.45) is 5.92 Å². The van der Waals surface area contributed by atoms with Gasteiger partial charge in [0.1, 0.15) is 17.0 Å². The minimum Gasteiger partial charge on any atom is -0.497 e. The number of methoxy groups -OCH3 is 2. The summed E-state index contributed by atoms with van der Waals surface area (Å²) in [6.07, 6.45) is 3.55. The van der Waals surface area contributed by atoms with E-state index >= 15 is 0 Å². The maximum Gasteiger partial charge on any atom is 0.329 e. The molecular formula is C18H25NO5. The van der Waals surface area contributed by atoms with Gasteiger partial charge in [0, 0.05) is 6.07 Å². The topological polar surface area (TPSA) is 84.9 Å². The molecule has 1 aliphatic carbocycles. The van der Waals surface area contributed by atoms with Gasteiger partial charge in [-0.05, 0) is 43.7 Å². The minimum atomic E-state index is -1.20. The zero-order valence-corrected chi connectivity index (χ0v) is 14.4. The monoisotopic (exact) mass is 335 g/mol. The van der Waals surface area contributed by atoms with Crippen LogP contribution in [0.3, 0.4) is 0 Å². The first-order chi connectivity index (χ1) is 11.5. The molecule has 0 spiro atoms. The Balaban J connectivity index is 2.22. The van der Waals surface area contributed by atoms with Crippen molar-refractivity contribution in [3.05, 3.63) is 23.8 Å². The van der Waals surface area contributed by atoms with Gasteiger partial charge >= 0.3 is 5.97 Å². The maximum atomic E-state index is 12.7. The molecule has 6 heteroatoms. The standard InChI is InChI=1S/C18H25NO5/c1-4-12-7-9-18(10-8-12,17(21)22)19-16(20)14-6-5-13(23-2)11-15(14)24-3/h5-6,11-12H,4,7-10H2,1-3H3,(H,19,20)(H,21,22). The van der Waals surface area contributed by atoms with E-state index in [2.05, 4.69) is 12.2 Å². The van der Waals surface area contributed by atoms with Crippen molar-refractivity contribution in [3.8, 4) is 11.5 Å². The molecule has 1 aliphatic rings. The van der Waals surface area contributed by atoms with Gasteiger partial charge < -0.3 is 19.9 Å². The molecule has 1 amide bonds. The van der Waals surface area contributed by atoms with Gasteiger partial charge in [0.05, 0.1) is 19.8 Å². The summed E-state index contributed by atoms with van der Waals surface area (Å²) in [5, 5.41) is 12.4. The molecule has 1 aromatic rings. The third-order valence-electron chi connectivity index (χ3n) is 4.95. The summed E-state index contributed by atoms with van der Waals surface area (Å²) in [6, 6.07) is 4.84. The number of nitrogens with one attached hydrogen (secondary N) is 1. The average Bonchev–Trinajstić information content (AvgIpc) is 2.61. The lowest BCUT2D eigenvalue weighted by molar-refractivity contribution is -0.146. The molecule has 1 saturated carbocycles. The van der Waals surface area contributed by atoms with E-state index in [-0.39, 0.29) is 0 Å². The molecule has 0 aliphatic heterocycles. The van der Waals surface area contributed by atoms with Crippen LogP contribution in [0, 0.1) is 5.92 Å². The second-order valence-corrected chi connectivity index (χ2v) is 6.26. The molecular weight excluding hydrogens is 310 g/mol. The molecule has 24 heavy (non-hydrogen) atoms. The summed E-state index contributed by atoms with van der Waals surface area (Å²) in [4.78, 5) is 24.5. The highest BCUT2D eigenvalue weighted by Gasteiger charge is 2.43. The van der Waals surface area contributed by atoms with Crippen LogP contribution in [0.5, 0.6) is 11.5 Å². The number of carbonyl (C=O) groups is 2. The third kappa shape index (κ3) is 3.63. The fraction of sp³-hybridized carbons (Fsp3) is 0.556. The number of carboxylic acids is 1. The highest BCUT2D eigenvalue weighted by atomic mass is 16.5. The van der Waals surface area contributed by atoms with Crippen molar-refractivity contribution < 1.29 is 24.2 Å². The van der Waals surface area contributed by atoms with Crippen LogP contribution in [0.2, 0.25) is 0 Å². The summed E-state index contributed by atoms with van der Waals surface area (Å²) >= 11 is 0. The van der Waals surface area contributed by atoms with E-state index in [1.807, 2.05) is 0 Å². The Morgan fingerprint density at radius 3 is 2.42 bits per heavy atom. The Morgan fingerprint density at radius 2 is 1.92 bits per heavy atom. The van der Waals surface area contributed by atoms with E-state index in [1.165, 1.54) is 14.2 Å². The first-order valence-corrected chi connectivity index (χ1v) is 8.23. The van der Waals surface area contributed by atoms with Crippen LogP contribution in [-0.2, 0) is 4.79 Å². The van der Waals surface area contributed by atoms with Gasteiger partial charge in [-0.2, -0.15) is 0 Å². The van der Waals surface area contributed by atoms with Crippen molar-refractivity contribution in [2.75, 3.05) is 14.2 Å². The maximum absolute atomic E-state index is 12.7. The molecule has 6 nitrogen and oxygen atoms in total. The summed E-state index contributed by atoms with van der Waals surface area (Å²) in [7, 11) is 2.99. The molecule has 0 saturated heterocycles. The van der Waals surface area contributed by atoms with Crippen LogP contribution in [-0.4, -0.2) is 36.7 Å². The van der Waals surface area contributed by atoms with E-state index in [0.29, 0.717) is 35.8 Å². The van der Waals surface area contributed by atoms with E-state index in [4.69, 9.17) is 9.47 Å². The van der Waals surface area contributed by atoms with Gasteiger partial charge in [-0.25, -0.2) is 4.79 Å². The zero-order valence-electron chi connectivity index (χ0n) is 14.4. The molecule has 2 N–H and O–H groups in total. The molecule has 0 radical (unpaired) electrons. The van der Waals surface area contributed by atoms with Gasteiger partial charge in [-0.15, -0.1) is 0 Å². The number of hydrogen-bond acceptors (Lipinski definition) is 4. The number of amides is 1. The number of rotatable bonds is 6. The highest BCUT2D eigenvalue weighted by Crippen LogP contribution is 2.35. The molecule has 0 unspecified atom stereocenters. The molecule has 0 aromatic heterocycles. The molecule has 0 heterocycles. The van der Waals surface area contributed by atoms with Gasteiger partial charge in [0.15, 0.2) is 0 Å². The summed E-state index contributed by atoms with van der Waals surface area (Å²) < 4.78 is 10.4. The predicted molar refractivity (Wildman–Crippen MR) is 89.6 cm³/mol. The van der Waals surface area contributed by atoms with E-state index in [1.54, 1.807) is 18.2 Å². The van der Waals surface area contributed by atoms with Crippen LogP contribution in [0.25, 0.3) is 0 Å². The fourth-order valence-electron chi connectivity index (χ4n) is 3.24. The Kier molecular flexibility index (Phi) is 5.70. The second-order valence-electron chi connectivity index (χ2n) is 6.26. The van der Waals surface area contributed by atoms with Crippen molar-refractivity contribution >= 4 is 11.9 Å². The van der Waals surface area contributed by atoms with Crippen molar-refractivity contribution in [1.82, 2.24) is 5.32 Å². The van der Waals surface area contributed by atoms with Crippen LogP contribution < -0.4 is 14.8 Å². The molecule has 1 aromatic carbocycles. The SMILES string of the molecule is CCC1CCC(NC(=O)c2ccc(OC)cc2OC)(C(=O)O)CC1. The van der Waals surface area contributed by atoms with E-state index in [0.717, 1.165) is 19.3 Å². The van der Waals surface area contributed by atoms with Crippen molar-refractivity contribution in [1.29, 1.82) is 0 Å². The number of aliphatic carboxylic acids is 1. The molecule has 2 rings (SSSR count). The Hall–Kier alpha value is -2.24. The molecule has 0 atom stereocenters. The number of hydrogen-bond donors (Lipinski definition) is 2. The molecule has 0 bridgehead atoms. The largest absolute Gasteiger partial charge is 0.497 e. The lowest BCUT2D eigenvalue weighted by Gasteiger charge is -2.37. The third-order valence-corrected chi connectivity index (χ3v) is 4.95. The van der Waals surface area contributed by atoms with Gasteiger partial charge in [0.25, 0.3) is 5.91 Å². The lowest BCUT2D eigenvalue weighted by Crippen LogP contribution is -2.56. The van der Waals surface area contributed by atoms with Gasteiger partial charge in [0.2, 0.25) is 0 Å². The van der Waals surface area contributed by atoms with Crippen LogP contribution in [0.1, 0.15) is 49.4 Å². The predicted octanol–water partition coefficient (Wildman–Crippen LogP) is 2.86. The van der Waals surface area contributed by atoms with E-state index < -0.39 is 17.4 Å². The van der Waals surface area contributed by atoms with Gasteiger partial charge in [-0.3, -0.25) is 4.79 Å². The Bertz CT molecular complexity index is 605. The fourth-order valence-corrected chi connectivity index (χ4v) is 3.24. The Labute approximate surface area is 142 Å². The van der Waals surface area contributed by atoms with Crippen molar-refractivity contribution in [2.45, 2.75) is 44.6 Å². The van der Waals surface area contributed by atoms with Crippen LogP contribution in [0.4, 0.5) is 0 Å². The first kappa shape index (κ1) is 18.1. The number of ether oxygens (including phenoxy) is 2. The number of carboxylic acid groups (broad SMARTS) is 1.